The molecule has 3 heteroatoms. The second-order valence-electron chi connectivity index (χ2n) is 3.43. The molecule has 0 aliphatic rings. The van der Waals surface area contributed by atoms with Crippen molar-refractivity contribution in [2.75, 3.05) is 0 Å². The van der Waals surface area contributed by atoms with Crippen molar-refractivity contribution in [2.24, 2.45) is 0 Å². The Hall–Kier alpha value is -0.313. The summed E-state index contributed by atoms with van der Waals surface area (Å²) in [5, 5.41) is 3.78. The average Bonchev–Trinajstić information content (AvgIpc) is 1.81. The SMILES string of the molecule is [2H]OC(=O)CC[Si](C)(C)C. The van der Waals surface area contributed by atoms with Crippen molar-refractivity contribution < 1.29 is 9.90 Å². The third kappa shape index (κ3) is 7.69. The Kier molecular flexibility index (Phi) is 2.27. The maximum atomic E-state index is 10.5. The molecular formula is C6H14O2Si. The molecule has 9 heavy (non-hydrogen) atoms. The summed E-state index contributed by atoms with van der Waals surface area (Å²) in [7, 11) is -1.12. The normalized spacial score (nSPS) is 12.6. The molecule has 0 atom stereocenters. The van der Waals surface area contributed by atoms with Crippen molar-refractivity contribution in [1.82, 2.24) is 0 Å². The van der Waals surface area contributed by atoms with Gasteiger partial charge in [0.15, 0.2) is 0 Å². The fraction of sp³-hybridized carbons (Fsp3) is 0.833. The van der Waals surface area contributed by atoms with E-state index in [0.29, 0.717) is 6.42 Å². The lowest BCUT2D eigenvalue weighted by atomic mass is 10.5. The van der Waals surface area contributed by atoms with Gasteiger partial charge in [-0.2, -0.15) is 0 Å². The summed E-state index contributed by atoms with van der Waals surface area (Å²) in [5.41, 5.74) is 0. The Morgan fingerprint density at radius 3 is 2.56 bits per heavy atom. The fourth-order valence-corrected chi connectivity index (χ4v) is 1.43. The van der Waals surface area contributed by atoms with Gasteiger partial charge in [-0.1, -0.05) is 19.6 Å². The first kappa shape index (κ1) is 6.80. The minimum atomic E-state index is -1.12. The maximum absolute atomic E-state index is 10.5. The summed E-state index contributed by atoms with van der Waals surface area (Å²) in [4.78, 5) is 10.5. The predicted molar refractivity (Wildman–Crippen MR) is 40.4 cm³/mol. The predicted octanol–water partition coefficient (Wildman–Crippen LogP) is 1.80. The van der Waals surface area contributed by atoms with Gasteiger partial charge in [-0.3, -0.25) is 4.79 Å². The fourth-order valence-electron chi connectivity index (χ4n) is 0.477. The molecule has 0 aromatic carbocycles. The van der Waals surface area contributed by atoms with Crippen LogP contribution in [0.2, 0.25) is 25.7 Å². The zero-order valence-corrected chi connectivity index (χ0v) is 7.23. The molecule has 0 saturated carbocycles. The molecule has 0 radical (unpaired) electrons. The van der Waals surface area contributed by atoms with E-state index >= 15 is 0 Å². The lowest BCUT2D eigenvalue weighted by Gasteiger charge is -2.12. The molecule has 0 aliphatic heterocycles. The van der Waals surface area contributed by atoms with Gasteiger partial charge in [0.1, 0.15) is 0 Å². The Balaban J connectivity index is 3.46. The van der Waals surface area contributed by atoms with Crippen molar-refractivity contribution in [1.29, 1.82) is 1.43 Å². The number of rotatable bonds is 3. The number of carboxylic acids is 1. The van der Waals surface area contributed by atoms with E-state index < -0.39 is 14.0 Å². The van der Waals surface area contributed by atoms with Crippen LogP contribution in [-0.4, -0.2) is 19.2 Å². The van der Waals surface area contributed by atoms with Crippen molar-refractivity contribution in [2.45, 2.75) is 32.1 Å². The highest BCUT2D eigenvalue weighted by Gasteiger charge is 2.13. The Morgan fingerprint density at radius 1 is 1.67 bits per heavy atom. The lowest BCUT2D eigenvalue weighted by Crippen LogP contribution is -2.20. The van der Waals surface area contributed by atoms with Gasteiger partial charge in [-0.25, -0.2) is 0 Å². The molecule has 0 rings (SSSR count). The third-order valence-electron chi connectivity index (χ3n) is 1.08. The topological polar surface area (TPSA) is 37.3 Å². The van der Waals surface area contributed by atoms with Gasteiger partial charge in [-0.15, -0.1) is 0 Å². The summed E-state index contributed by atoms with van der Waals surface area (Å²) in [6.45, 7) is 6.55. The van der Waals surface area contributed by atoms with Crippen LogP contribution < -0.4 is 0 Å². The first-order valence-corrected chi connectivity index (χ1v) is 6.82. The molecule has 0 bridgehead atoms. The van der Waals surface area contributed by atoms with E-state index in [1.807, 2.05) is 0 Å². The molecule has 0 fully saturated rings. The highest BCUT2D eigenvalue weighted by atomic mass is 28.3. The van der Waals surface area contributed by atoms with E-state index in [1.54, 1.807) is 0 Å². The van der Waals surface area contributed by atoms with Crippen LogP contribution in [0.25, 0.3) is 1.43 Å². The van der Waals surface area contributed by atoms with Crippen molar-refractivity contribution in [3.05, 3.63) is 0 Å². The molecule has 0 spiro atoms. The van der Waals surface area contributed by atoms with E-state index in [0.717, 1.165) is 6.04 Å². The van der Waals surface area contributed by atoms with Gasteiger partial charge in [0.2, 0.25) is 0 Å². The van der Waals surface area contributed by atoms with Crippen LogP contribution in [0.3, 0.4) is 0 Å². The van der Waals surface area contributed by atoms with Crippen LogP contribution in [0.15, 0.2) is 0 Å². The molecule has 54 valence electrons. The van der Waals surface area contributed by atoms with E-state index in [9.17, 15) is 4.79 Å². The number of hydrogen-bond acceptors (Lipinski definition) is 2. The maximum Gasteiger partial charge on any atom is 0.303 e. The molecule has 0 unspecified atom stereocenters. The van der Waals surface area contributed by atoms with Crippen LogP contribution in [-0.2, 0) is 4.79 Å². The van der Waals surface area contributed by atoms with E-state index in [-0.39, 0.29) is 0 Å². The first-order valence-electron chi connectivity index (χ1n) is 3.52. The third-order valence-corrected chi connectivity index (χ3v) is 2.83. The standard InChI is InChI=1S/C6H14O2Si/c1-9(2,3)5-4-6(7)8/h4-5H2,1-3H3,(H,7,8)/i/hD. The van der Waals surface area contributed by atoms with Crippen LogP contribution in [0.1, 0.15) is 6.42 Å². The molecule has 1 N–H and O–H groups in total. The summed E-state index contributed by atoms with van der Waals surface area (Å²) >= 11 is 0. The first-order chi connectivity index (χ1) is 4.45. The molecule has 0 saturated heterocycles. The Bertz CT molecular complexity index is 119. The van der Waals surface area contributed by atoms with Crippen molar-refractivity contribution in [3.8, 4) is 0 Å². The molecule has 2 nitrogen and oxygen atoms in total. The van der Waals surface area contributed by atoms with Crippen molar-refractivity contribution in [3.63, 3.8) is 0 Å². The van der Waals surface area contributed by atoms with E-state index in [1.165, 1.54) is 0 Å². The minimum absolute atomic E-state index is 0.402. The van der Waals surface area contributed by atoms with E-state index in [4.69, 9.17) is 1.43 Å². The second-order valence-corrected chi connectivity index (χ2v) is 9.05. The highest BCUT2D eigenvalue weighted by Crippen LogP contribution is 2.10. The van der Waals surface area contributed by atoms with Gasteiger partial charge in [-0.05, 0) is 6.04 Å². The molecule has 0 aliphatic carbocycles. The Labute approximate surface area is 58.4 Å². The molecule has 0 amide bonds. The summed E-state index contributed by atoms with van der Waals surface area (Å²) in [6.07, 6.45) is 0.402. The van der Waals surface area contributed by atoms with E-state index in [2.05, 4.69) is 24.7 Å². The minimum Gasteiger partial charge on any atom is -0.481 e. The van der Waals surface area contributed by atoms with Gasteiger partial charge in [0.05, 0.1) is 0 Å². The van der Waals surface area contributed by atoms with Crippen LogP contribution >= 0.6 is 0 Å². The van der Waals surface area contributed by atoms with Crippen LogP contribution in [0, 0.1) is 0 Å². The summed E-state index contributed by atoms with van der Waals surface area (Å²) in [5.74, 6) is -0.414. The highest BCUT2D eigenvalue weighted by molar-refractivity contribution is 6.76. The van der Waals surface area contributed by atoms with Crippen LogP contribution in [0.4, 0.5) is 0 Å². The Morgan fingerprint density at radius 2 is 2.22 bits per heavy atom. The quantitative estimate of drug-likeness (QED) is 0.618. The lowest BCUT2D eigenvalue weighted by molar-refractivity contribution is -0.136. The summed E-state index contributed by atoms with van der Waals surface area (Å²) in [6, 6.07) is 0.907. The zero-order valence-electron chi connectivity index (χ0n) is 7.23. The van der Waals surface area contributed by atoms with Gasteiger partial charge >= 0.3 is 5.97 Å². The molecule has 0 aromatic heterocycles. The number of carbonyl (C=O) groups is 1. The number of aliphatic carboxylic acids is 1. The molecule has 0 heterocycles. The molecule has 0 aromatic rings. The second kappa shape index (κ2) is 3.01. The van der Waals surface area contributed by atoms with Crippen molar-refractivity contribution >= 4 is 14.0 Å². The van der Waals surface area contributed by atoms with Gasteiger partial charge in [0, 0.05) is 14.5 Å². The largest absolute Gasteiger partial charge is 0.481 e. The zero-order chi connectivity index (χ0) is 8.20. The van der Waals surface area contributed by atoms with Gasteiger partial charge < -0.3 is 5.11 Å². The average molecular weight is 147 g/mol. The smallest absolute Gasteiger partial charge is 0.303 e. The number of hydrogen-bond donors (Lipinski definition) is 1. The molecular weight excluding hydrogens is 132 g/mol. The summed E-state index contributed by atoms with van der Waals surface area (Å²) < 4.78 is 6.28. The van der Waals surface area contributed by atoms with Gasteiger partial charge in [0.25, 0.3) is 1.43 Å². The number of carboxylic acid groups (broad SMARTS) is 1. The monoisotopic (exact) mass is 147 g/mol. The van der Waals surface area contributed by atoms with Crippen LogP contribution in [0.5, 0.6) is 0 Å².